The zero-order chi connectivity index (χ0) is 48.8. The van der Waals surface area contributed by atoms with Crippen molar-refractivity contribution in [3.63, 3.8) is 0 Å². The summed E-state index contributed by atoms with van der Waals surface area (Å²) in [7, 11) is -4.13. The summed E-state index contributed by atoms with van der Waals surface area (Å²) in [5.41, 5.74) is 4.87. The number of aromatic nitrogens is 2. The maximum Gasteiger partial charge on any atom is 0.345 e. The van der Waals surface area contributed by atoms with Crippen LogP contribution in [0.25, 0.3) is 0 Å². The van der Waals surface area contributed by atoms with E-state index < -0.39 is 22.6 Å². The van der Waals surface area contributed by atoms with Crippen LogP contribution in [0, 0.1) is 0 Å². The lowest BCUT2D eigenvalue weighted by Gasteiger charge is -2.36. The van der Waals surface area contributed by atoms with Gasteiger partial charge in [-0.25, -0.2) is 14.8 Å². The number of hydrogen-bond acceptors (Lipinski definition) is 9. The predicted molar refractivity (Wildman–Crippen MR) is 273 cm³/mol. The molecule has 4 aromatic carbocycles. The molecule has 0 fully saturated rings. The molecule has 356 valence electrons. The molecule has 0 aliphatic rings. The second-order valence-electron chi connectivity index (χ2n) is 19.1. The molecule has 2 heterocycles. The number of carboxylic acid groups (broad SMARTS) is 1. The Morgan fingerprint density at radius 2 is 0.896 bits per heavy atom. The molecular weight excluding hydrogens is 920 g/mol. The third kappa shape index (κ3) is 15.4. The Labute approximate surface area is 408 Å². The van der Waals surface area contributed by atoms with E-state index in [9.17, 15) is 9.90 Å². The van der Waals surface area contributed by atoms with E-state index in [4.69, 9.17) is 51.0 Å². The molecular formula is C53H64Cl2N2O8Si2. The summed E-state index contributed by atoms with van der Waals surface area (Å²) in [6.07, 6.45) is 0. The van der Waals surface area contributed by atoms with Crippen molar-refractivity contribution in [2.45, 2.75) is 117 Å². The van der Waals surface area contributed by atoms with Gasteiger partial charge in [0.15, 0.2) is 22.2 Å². The van der Waals surface area contributed by atoms with Crippen LogP contribution in [-0.2, 0) is 48.5 Å². The second kappa shape index (κ2) is 23.7. The second-order valence-corrected chi connectivity index (χ2v) is 29.5. The van der Waals surface area contributed by atoms with Gasteiger partial charge < -0.3 is 32.9 Å². The van der Waals surface area contributed by atoms with Crippen molar-refractivity contribution in [3.05, 3.63) is 177 Å². The highest BCUT2D eigenvalue weighted by molar-refractivity contribution is 6.74. The standard InChI is InChI=1S/C27H32ClNO5Si.C26H32ClNO3Si/c1-27(2,3)35(4,5)34-18-21-23(32-16-19-12-8-6-9-13-19)22(26(30)31)25(29-24(21)28)33-17-20-14-10-7-11-15-20;1-26(2,3)32(4,5)31-19-22-23(29-17-20-12-8-6-9-13-20)16-24(28-25(22)27)30-18-21-14-10-7-11-15-21/h6-15H,16-18H2,1-5H3,(H,30,31);6-16H,17-19H2,1-5H3. The van der Waals surface area contributed by atoms with Crippen LogP contribution in [0.3, 0.4) is 0 Å². The number of aromatic carboxylic acids is 1. The minimum absolute atomic E-state index is 0.0354. The van der Waals surface area contributed by atoms with Crippen molar-refractivity contribution in [1.82, 2.24) is 9.97 Å². The Kier molecular flexibility index (Phi) is 18.6. The summed E-state index contributed by atoms with van der Waals surface area (Å²) < 4.78 is 36.8. The van der Waals surface area contributed by atoms with E-state index in [2.05, 4.69) is 77.7 Å². The SMILES string of the molecule is CC(C)(C)[Si](C)(C)OCc1c(Cl)nc(OCc2ccccc2)c(C(=O)O)c1OCc1ccccc1.CC(C)(C)[Si](C)(C)OCc1c(OCc2ccccc2)cc(OCc2ccccc2)nc1Cl. The molecule has 0 saturated heterocycles. The first-order valence-electron chi connectivity index (χ1n) is 22.2. The monoisotopic (exact) mass is 982 g/mol. The molecule has 0 unspecified atom stereocenters. The van der Waals surface area contributed by atoms with Crippen LogP contribution >= 0.6 is 23.2 Å². The van der Waals surface area contributed by atoms with E-state index in [0.717, 1.165) is 27.8 Å². The zero-order valence-electron chi connectivity index (χ0n) is 40.3. The molecule has 0 bridgehead atoms. The summed E-state index contributed by atoms with van der Waals surface area (Å²) >= 11 is 13.2. The van der Waals surface area contributed by atoms with Crippen LogP contribution in [0.1, 0.15) is 85.3 Å². The Morgan fingerprint density at radius 1 is 0.522 bits per heavy atom. The number of benzene rings is 4. The number of ether oxygens (including phenoxy) is 4. The van der Waals surface area contributed by atoms with Crippen molar-refractivity contribution in [3.8, 4) is 23.3 Å². The molecule has 0 radical (unpaired) electrons. The highest BCUT2D eigenvalue weighted by Crippen LogP contribution is 2.42. The molecule has 14 heteroatoms. The van der Waals surface area contributed by atoms with Gasteiger partial charge in [0.05, 0.1) is 24.3 Å². The van der Waals surface area contributed by atoms with Crippen LogP contribution in [0.2, 0.25) is 46.6 Å². The van der Waals surface area contributed by atoms with Gasteiger partial charge in [0.1, 0.15) is 48.2 Å². The van der Waals surface area contributed by atoms with Gasteiger partial charge in [0.2, 0.25) is 11.8 Å². The minimum atomic E-state index is -2.16. The lowest BCUT2D eigenvalue weighted by atomic mass is 10.1. The first kappa shape index (κ1) is 52.7. The van der Waals surface area contributed by atoms with Gasteiger partial charge in [-0.3, -0.25) is 0 Å². The topological polar surface area (TPSA) is 118 Å². The highest BCUT2D eigenvalue weighted by atomic mass is 35.5. The average Bonchev–Trinajstić information content (AvgIpc) is 3.28. The van der Waals surface area contributed by atoms with E-state index in [1.807, 2.05) is 127 Å². The summed E-state index contributed by atoms with van der Waals surface area (Å²) in [6, 6.07) is 40.7. The van der Waals surface area contributed by atoms with Crippen LogP contribution in [-0.4, -0.2) is 37.7 Å². The summed E-state index contributed by atoms with van der Waals surface area (Å²) in [5, 5.41) is 10.6. The number of pyridine rings is 2. The Bertz CT molecular complexity index is 2500. The van der Waals surface area contributed by atoms with Crippen LogP contribution in [0.4, 0.5) is 0 Å². The van der Waals surface area contributed by atoms with Crippen molar-refractivity contribution in [2.24, 2.45) is 0 Å². The molecule has 2 aromatic heterocycles. The highest BCUT2D eigenvalue weighted by Gasteiger charge is 2.39. The van der Waals surface area contributed by atoms with Crippen LogP contribution < -0.4 is 18.9 Å². The molecule has 0 spiro atoms. The summed E-state index contributed by atoms with van der Waals surface area (Å²) in [4.78, 5) is 21.2. The van der Waals surface area contributed by atoms with E-state index in [0.29, 0.717) is 42.2 Å². The summed E-state index contributed by atoms with van der Waals surface area (Å²) in [5.74, 6) is -0.129. The smallest absolute Gasteiger partial charge is 0.345 e. The fourth-order valence-electron chi connectivity index (χ4n) is 5.82. The van der Waals surface area contributed by atoms with Crippen molar-refractivity contribution in [2.75, 3.05) is 0 Å². The van der Waals surface area contributed by atoms with E-state index in [-0.39, 0.29) is 52.2 Å². The number of halogens is 2. The van der Waals surface area contributed by atoms with Crippen LogP contribution in [0.5, 0.6) is 23.3 Å². The number of carbonyl (C=O) groups is 1. The molecule has 0 amide bonds. The van der Waals surface area contributed by atoms with Gasteiger partial charge in [-0.1, -0.05) is 186 Å². The molecule has 6 aromatic rings. The number of rotatable bonds is 19. The molecule has 1 N–H and O–H groups in total. The fraction of sp³-hybridized carbons (Fsp3) is 0.340. The van der Waals surface area contributed by atoms with E-state index >= 15 is 0 Å². The molecule has 0 saturated carbocycles. The third-order valence-electron chi connectivity index (χ3n) is 12.1. The van der Waals surface area contributed by atoms with Gasteiger partial charge >= 0.3 is 5.97 Å². The molecule has 10 nitrogen and oxygen atoms in total. The molecule has 6 rings (SSSR count). The quantitative estimate of drug-likeness (QED) is 0.0621. The molecule has 0 aliphatic carbocycles. The maximum absolute atomic E-state index is 12.4. The number of carboxylic acids is 1. The predicted octanol–water partition coefficient (Wildman–Crippen LogP) is 14.5. The van der Waals surface area contributed by atoms with Gasteiger partial charge in [-0.15, -0.1) is 0 Å². The lowest BCUT2D eigenvalue weighted by Crippen LogP contribution is -2.40. The van der Waals surface area contributed by atoms with Crippen molar-refractivity contribution < 1.29 is 37.7 Å². The van der Waals surface area contributed by atoms with Crippen molar-refractivity contribution >= 4 is 45.8 Å². The molecule has 0 atom stereocenters. The molecule has 0 aliphatic heterocycles. The summed E-state index contributed by atoms with van der Waals surface area (Å²) in [6.45, 7) is 23.3. The fourth-order valence-corrected chi connectivity index (χ4v) is 8.15. The van der Waals surface area contributed by atoms with Gasteiger partial charge in [0.25, 0.3) is 0 Å². The first-order valence-corrected chi connectivity index (χ1v) is 28.8. The lowest BCUT2D eigenvalue weighted by molar-refractivity contribution is 0.0684. The minimum Gasteiger partial charge on any atom is -0.488 e. The average molecular weight is 984 g/mol. The van der Waals surface area contributed by atoms with Crippen molar-refractivity contribution in [1.29, 1.82) is 0 Å². The maximum atomic E-state index is 12.4. The zero-order valence-corrected chi connectivity index (χ0v) is 43.8. The largest absolute Gasteiger partial charge is 0.488 e. The Morgan fingerprint density at radius 3 is 1.31 bits per heavy atom. The third-order valence-corrected chi connectivity index (χ3v) is 21.6. The Hall–Kier alpha value is -5.22. The number of hydrogen-bond donors (Lipinski definition) is 1. The number of nitrogens with zero attached hydrogens (tertiary/aromatic N) is 2. The van der Waals surface area contributed by atoms with Gasteiger partial charge in [0, 0.05) is 6.07 Å². The van der Waals surface area contributed by atoms with Gasteiger partial charge in [-0.05, 0) is 58.5 Å². The van der Waals surface area contributed by atoms with E-state index in [1.165, 1.54) is 0 Å². The van der Waals surface area contributed by atoms with Gasteiger partial charge in [-0.2, -0.15) is 0 Å². The van der Waals surface area contributed by atoms with E-state index in [1.54, 1.807) is 0 Å². The van der Waals surface area contributed by atoms with Crippen LogP contribution in [0.15, 0.2) is 127 Å². The first-order chi connectivity index (χ1) is 31.6. The Balaban J connectivity index is 0.000000252. The normalized spacial score (nSPS) is 11.9. The molecule has 67 heavy (non-hydrogen) atoms.